The van der Waals surface area contributed by atoms with Crippen LogP contribution in [0, 0.1) is 0 Å². The molecule has 17 heavy (non-hydrogen) atoms. The van der Waals surface area contributed by atoms with Gasteiger partial charge in [-0.1, -0.05) is 13.0 Å². The lowest BCUT2D eigenvalue weighted by atomic mass is 10.0. The summed E-state index contributed by atoms with van der Waals surface area (Å²) in [7, 11) is 0. The fourth-order valence-corrected chi connectivity index (χ4v) is 3.47. The fourth-order valence-electron chi connectivity index (χ4n) is 2.28. The molecule has 0 aliphatic carbocycles. The van der Waals surface area contributed by atoms with Crippen LogP contribution < -0.4 is 0 Å². The molecule has 2 aromatic heterocycles. The van der Waals surface area contributed by atoms with Gasteiger partial charge in [-0.2, -0.15) is 0 Å². The number of rotatable bonds is 2. The number of ether oxygens (including phenoxy) is 1. The number of hydrogen-bond acceptors (Lipinski definition) is 3. The predicted octanol–water partition coefficient (Wildman–Crippen LogP) is 3.83. The van der Waals surface area contributed by atoms with E-state index < -0.39 is 0 Å². The summed E-state index contributed by atoms with van der Waals surface area (Å²) in [5, 5.41) is 0. The predicted molar refractivity (Wildman–Crippen MR) is 70.2 cm³/mol. The topological polar surface area (TPSA) is 22.1 Å². The first kappa shape index (κ1) is 10.9. The van der Waals surface area contributed by atoms with Crippen LogP contribution in [0.5, 0.6) is 0 Å². The summed E-state index contributed by atoms with van der Waals surface area (Å²) in [5.41, 5.74) is 2.60. The minimum Gasteiger partial charge on any atom is -0.373 e. The van der Waals surface area contributed by atoms with Crippen LogP contribution in [0.25, 0.3) is 10.4 Å². The largest absolute Gasteiger partial charge is 0.373 e. The minimum atomic E-state index is 0.292. The summed E-state index contributed by atoms with van der Waals surface area (Å²) in [6.07, 6.45) is 6.14. The van der Waals surface area contributed by atoms with E-state index in [1.165, 1.54) is 20.9 Å². The van der Waals surface area contributed by atoms with Crippen molar-refractivity contribution in [2.75, 3.05) is 6.61 Å². The minimum absolute atomic E-state index is 0.292. The Labute approximate surface area is 105 Å². The third-order valence-electron chi connectivity index (χ3n) is 3.15. The van der Waals surface area contributed by atoms with Crippen molar-refractivity contribution in [3.8, 4) is 10.4 Å². The van der Waals surface area contributed by atoms with Crippen molar-refractivity contribution in [2.45, 2.75) is 25.9 Å². The van der Waals surface area contributed by atoms with Gasteiger partial charge in [0, 0.05) is 34.1 Å². The highest BCUT2D eigenvalue weighted by Crippen LogP contribution is 2.39. The summed E-state index contributed by atoms with van der Waals surface area (Å²) in [5.74, 6) is 0. The Kier molecular flexibility index (Phi) is 2.95. The lowest BCUT2D eigenvalue weighted by Crippen LogP contribution is -2.13. The maximum absolute atomic E-state index is 5.79. The lowest BCUT2D eigenvalue weighted by molar-refractivity contribution is 0.0412. The van der Waals surface area contributed by atoms with Crippen LogP contribution in [0.3, 0.4) is 0 Å². The van der Waals surface area contributed by atoms with Crippen molar-refractivity contribution < 1.29 is 4.74 Å². The summed E-state index contributed by atoms with van der Waals surface area (Å²) >= 11 is 1.89. The molecule has 0 N–H and O–H groups in total. The third-order valence-corrected chi connectivity index (χ3v) is 4.41. The molecule has 88 valence electrons. The molecule has 3 heterocycles. The van der Waals surface area contributed by atoms with Crippen molar-refractivity contribution in [3.63, 3.8) is 0 Å². The number of nitrogens with zero attached hydrogens (tertiary/aromatic N) is 1. The van der Waals surface area contributed by atoms with E-state index in [0.717, 1.165) is 19.4 Å². The zero-order valence-electron chi connectivity index (χ0n) is 9.85. The summed E-state index contributed by atoms with van der Waals surface area (Å²) in [6, 6.07) is 6.39. The van der Waals surface area contributed by atoms with Gasteiger partial charge in [0.25, 0.3) is 0 Å². The maximum atomic E-state index is 5.79. The SMILES string of the molecule is CCC1OCCc2sc(-c3cccnc3)cc21. The van der Waals surface area contributed by atoms with E-state index in [-0.39, 0.29) is 0 Å². The summed E-state index contributed by atoms with van der Waals surface area (Å²) in [4.78, 5) is 6.98. The van der Waals surface area contributed by atoms with E-state index in [4.69, 9.17) is 4.74 Å². The highest BCUT2D eigenvalue weighted by molar-refractivity contribution is 7.15. The molecular formula is C14H15NOS. The van der Waals surface area contributed by atoms with E-state index >= 15 is 0 Å². The highest BCUT2D eigenvalue weighted by atomic mass is 32.1. The van der Waals surface area contributed by atoms with Crippen LogP contribution in [-0.2, 0) is 11.2 Å². The second-order valence-corrected chi connectivity index (χ2v) is 5.39. The summed E-state index contributed by atoms with van der Waals surface area (Å²) < 4.78 is 5.79. The van der Waals surface area contributed by atoms with Crippen molar-refractivity contribution in [2.24, 2.45) is 0 Å². The quantitative estimate of drug-likeness (QED) is 0.802. The molecule has 1 unspecified atom stereocenters. The molecule has 0 radical (unpaired) electrons. The van der Waals surface area contributed by atoms with E-state index in [1.807, 2.05) is 29.8 Å². The average Bonchev–Trinajstić information content (AvgIpc) is 2.83. The molecule has 2 nitrogen and oxygen atoms in total. The van der Waals surface area contributed by atoms with Gasteiger partial charge in [-0.3, -0.25) is 4.98 Å². The van der Waals surface area contributed by atoms with E-state index in [1.54, 1.807) is 0 Å². The Bertz CT molecular complexity index is 506. The van der Waals surface area contributed by atoms with Crippen molar-refractivity contribution in [3.05, 3.63) is 41.0 Å². The first-order valence-electron chi connectivity index (χ1n) is 6.03. The normalized spacial score (nSPS) is 19.0. The Morgan fingerprint density at radius 2 is 2.47 bits per heavy atom. The standard InChI is InChI=1S/C14H15NOS/c1-2-12-11-8-14(10-4-3-6-15-9-10)17-13(11)5-7-16-12/h3-4,6,8-9,12H,2,5,7H2,1H3. The molecule has 3 heteroatoms. The van der Waals surface area contributed by atoms with E-state index in [9.17, 15) is 0 Å². The molecule has 0 saturated carbocycles. The maximum Gasteiger partial charge on any atom is 0.0833 e. The van der Waals surface area contributed by atoms with Gasteiger partial charge in [-0.05, 0) is 24.1 Å². The van der Waals surface area contributed by atoms with Crippen LogP contribution >= 0.6 is 11.3 Å². The fraction of sp³-hybridized carbons (Fsp3) is 0.357. The monoisotopic (exact) mass is 245 g/mol. The van der Waals surface area contributed by atoms with Crippen molar-refractivity contribution in [1.29, 1.82) is 0 Å². The van der Waals surface area contributed by atoms with Gasteiger partial charge in [-0.15, -0.1) is 11.3 Å². The van der Waals surface area contributed by atoms with Gasteiger partial charge in [-0.25, -0.2) is 0 Å². The molecule has 0 aromatic carbocycles. The molecule has 0 fully saturated rings. The van der Waals surface area contributed by atoms with Gasteiger partial charge in [0.1, 0.15) is 0 Å². The number of thiophene rings is 1. The Balaban J connectivity index is 2.02. The molecular weight excluding hydrogens is 230 g/mol. The smallest absolute Gasteiger partial charge is 0.0833 e. The molecule has 3 rings (SSSR count). The molecule has 1 aliphatic rings. The summed E-state index contributed by atoms with van der Waals surface area (Å²) in [6.45, 7) is 3.04. The van der Waals surface area contributed by atoms with E-state index in [0.29, 0.717) is 6.10 Å². The van der Waals surface area contributed by atoms with Gasteiger partial charge < -0.3 is 4.74 Å². The second kappa shape index (κ2) is 4.59. The molecule has 0 saturated heterocycles. The number of pyridine rings is 1. The average molecular weight is 245 g/mol. The van der Waals surface area contributed by atoms with Crippen molar-refractivity contribution >= 4 is 11.3 Å². The third kappa shape index (κ3) is 2.01. The Morgan fingerprint density at radius 3 is 3.24 bits per heavy atom. The Morgan fingerprint density at radius 1 is 1.53 bits per heavy atom. The molecule has 0 amide bonds. The van der Waals surface area contributed by atoms with E-state index in [2.05, 4.69) is 24.0 Å². The molecule has 1 aliphatic heterocycles. The van der Waals surface area contributed by atoms with Gasteiger partial charge >= 0.3 is 0 Å². The van der Waals surface area contributed by atoms with Crippen molar-refractivity contribution in [1.82, 2.24) is 4.98 Å². The molecule has 0 spiro atoms. The van der Waals surface area contributed by atoms with Gasteiger partial charge in [0.2, 0.25) is 0 Å². The van der Waals surface area contributed by atoms with Gasteiger partial charge in [0.05, 0.1) is 12.7 Å². The zero-order valence-corrected chi connectivity index (χ0v) is 10.7. The van der Waals surface area contributed by atoms with Crippen LogP contribution in [0.2, 0.25) is 0 Å². The Hall–Kier alpha value is -1.19. The number of hydrogen-bond donors (Lipinski definition) is 0. The zero-order chi connectivity index (χ0) is 11.7. The first-order valence-corrected chi connectivity index (χ1v) is 6.84. The highest BCUT2D eigenvalue weighted by Gasteiger charge is 2.22. The van der Waals surface area contributed by atoms with Crippen LogP contribution in [-0.4, -0.2) is 11.6 Å². The molecule has 1 atom stereocenters. The number of fused-ring (bicyclic) bond motifs is 1. The van der Waals surface area contributed by atoms with Crippen LogP contribution in [0.4, 0.5) is 0 Å². The molecule has 0 bridgehead atoms. The molecule has 2 aromatic rings. The lowest BCUT2D eigenvalue weighted by Gasteiger charge is -2.21. The van der Waals surface area contributed by atoms with Gasteiger partial charge in [0.15, 0.2) is 0 Å². The van der Waals surface area contributed by atoms with Crippen LogP contribution in [0.1, 0.15) is 29.9 Å². The first-order chi connectivity index (χ1) is 8.38. The van der Waals surface area contributed by atoms with Crippen LogP contribution in [0.15, 0.2) is 30.6 Å². The second-order valence-electron chi connectivity index (χ2n) is 4.25. The number of aromatic nitrogens is 1.